The van der Waals surface area contributed by atoms with Crippen LogP contribution in [-0.4, -0.2) is 23.0 Å². The van der Waals surface area contributed by atoms with E-state index < -0.39 is 0 Å². The van der Waals surface area contributed by atoms with Gasteiger partial charge in [-0.15, -0.1) is 11.6 Å². The summed E-state index contributed by atoms with van der Waals surface area (Å²) in [6.07, 6.45) is 4.98. The topological polar surface area (TPSA) is 65.3 Å². The number of carbonyl (C=O) groups is 1. The van der Waals surface area contributed by atoms with Crippen molar-refractivity contribution in [1.82, 2.24) is 5.32 Å². The summed E-state index contributed by atoms with van der Waals surface area (Å²) in [4.78, 5) is 15.1. The van der Waals surface area contributed by atoms with Gasteiger partial charge >= 0.3 is 0 Å². The number of halogens is 1. The van der Waals surface area contributed by atoms with Gasteiger partial charge in [0.25, 0.3) is 5.91 Å². The van der Waals surface area contributed by atoms with Crippen molar-refractivity contribution >= 4 is 29.2 Å². The van der Waals surface area contributed by atoms with Crippen LogP contribution in [0.15, 0.2) is 28.8 Å². The minimum atomic E-state index is -0.315. The number of amides is 1. The van der Waals surface area contributed by atoms with Crippen LogP contribution in [0.2, 0.25) is 0 Å². The van der Waals surface area contributed by atoms with Gasteiger partial charge in [-0.05, 0) is 12.2 Å². The summed E-state index contributed by atoms with van der Waals surface area (Å²) in [5.41, 5.74) is 0.948. The SMILES string of the molecule is N=C1N=C2C=CC(Cl)C=C2C(=O)N1. The van der Waals surface area contributed by atoms with Gasteiger partial charge in [-0.1, -0.05) is 6.08 Å². The summed E-state index contributed by atoms with van der Waals surface area (Å²) in [6.45, 7) is 0. The molecule has 1 heterocycles. The molecule has 5 heteroatoms. The third-order valence-electron chi connectivity index (χ3n) is 1.75. The van der Waals surface area contributed by atoms with Crippen LogP contribution in [0.3, 0.4) is 0 Å². The molecule has 0 fully saturated rings. The largest absolute Gasteiger partial charge is 0.291 e. The molecule has 1 aliphatic heterocycles. The molecule has 0 saturated carbocycles. The molecule has 0 radical (unpaired) electrons. The lowest BCUT2D eigenvalue weighted by molar-refractivity contribution is -0.115. The van der Waals surface area contributed by atoms with E-state index in [-0.39, 0.29) is 17.2 Å². The maximum atomic E-state index is 11.3. The summed E-state index contributed by atoms with van der Waals surface area (Å²) in [5, 5.41) is 9.20. The van der Waals surface area contributed by atoms with Gasteiger partial charge in [0, 0.05) is 0 Å². The molecule has 0 aromatic heterocycles. The Kier molecular flexibility index (Phi) is 1.77. The van der Waals surface area contributed by atoms with Crippen LogP contribution in [0.25, 0.3) is 0 Å². The number of hydrogen-bond acceptors (Lipinski definition) is 2. The van der Waals surface area contributed by atoms with Gasteiger partial charge in [0.1, 0.15) is 0 Å². The Labute approximate surface area is 79.5 Å². The molecule has 4 nitrogen and oxygen atoms in total. The predicted octanol–water partition coefficient (Wildman–Crippen LogP) is 0.596. The Morgan fingerprint density at radius 1 is 1.62 bits per heavy atom. The van der Waals surface area contributed by atoms with Gasteiger partial charge in [-0.25, -0.2) is 4.99 Å². The molecule has 1 amide bonds. The number of carbonyl (C=O) groups excluding carboxylic acids is 1. The second kappa shape index (κ2) is 2.81. The third-order valence-corrected chi connectivity index (χ3v) is 2.02. The summed E-state index contributed by atoms with van der Waals surface area (Å²) in [5.74, 6) is -0.445. The maximum absolute atomic E-state index is 11.3. The number of hydrogen-bond donors (Lipinski definition) is 2. The van der Waals surface area contributed by atoms with E-state index in [4.69, 9.17) is 17.0 Å². The number of rotatable bonds is 0. The van der Waals surface area contributed by atoms with Crippen LogP contribution >= 0.6 is 11.6 Å². The molecule has 2 aliphatic rings. The standard InChI is InChI=1S/C8H6ClN3O/c9-4-1-2-6-5(3-4)7(13)12-8(10)11-6/h1-4H,(H2,10,12,13). The third kappa shape index (κ3) is 1.40. The zero-order valence-corrected chi connectivity index (χ0v) is 7.30. The summed E-state index contributed by atoms with van der Waals surface area (Å²) in [6, 6.07) is 0. The second-order valence-corrected chi connectivity index (χ2v) is 3.19. The Morgan fingerprint density at radius 3 is 3.15 bits per heavy atom. The van der Waals surface area contributed by atoms with Crippen molar-refractivity contribution < 1.29 is 4.79 Å². The molecule has 2 N–H and O–H groups in total. The fourth-order valence-corrected chi connectivity index (χ4v) is 1.38. The van der Waals surface area contributed by atoms with Crippen molar-refractivity contribution in [3.05, 3.63) is 23.8 Å². The van der Waals surface area contributed by atoms with E-state index in [0.29, 0.717) is 11.3 Å². The first kappa shape index (κ1) is 8.19. The van der Waals surface area contributed by atoms with Gasteiger partial charge in [0.2, 0.25) is 5.96 Å². The van der Waals surface area contributed by atoms with Crippen LogP contribution in [0, 0.1) is 5.41 Å². The average molecular weight is 196 g/mol. The first-order valence-corrected chi connectivity index (χ1v) is 4.13. The molecule has 0 aromatic carbocycles. The molecule has 1 atom stereocenters. The molecule has 66 valence electrons. The quantitative estimate of drug-likeness (QED) is 0.546. The van der Waals surface area contributed by atoms with E-state index in [1.54, 1.807) is 18.2 Å². The molecule has 0 aromatic rings. The highest BCUT2D eigenvalue weighted by molar-refractivity contribution is 6.35. The summed E-state index contributed by atoms with van der Waals surface area (Å²) >= 11 is 5.79. The first-order chi connectivity index (χ1) is 6.16. The summed E-state index contributed by atoms with van der Waals surface area (Å²) in [7, 11) is 0. The molecular weight excluding hydrogens is 190 g/mol. The Balaban J connectivity index is 2.47. The number of alkyl halides is 1. The monoisotopic (exact) mass is 195 g/mol. The zero-order chi connectivity index (χ0) is 9.42. The molecular formula is C8H6ClN3O. The second-order valence-electron chi connectivity index (χ2n) is 2.68. The maximum Gasteiger partial charge on any atom is 0.259 e. The van der Waals surface area contributed by atoms with Crippen LogP contribution in [0.4, 0.5) is 0 Å². The molecule has 0 bridgehead atoms. The molecule has 13 heavy (non-hydrogen) atoms. The minimum absolute atomic E-state index is 0.130. The van der Waals surface area contributed by atoms with Gasteiger partial charge < -0.3 is 0 Å². The van der Waals surface area contributed by atoms with Crippen LogP contribution in [0.5, 0.6) is 0 Å². The normalized spacial score (nSPS) is 26.1. The minimum Gasteiger partial charge on any atom is -0.291 e. The highest BCUT2D eigenvalue weighted by atomic mass is 35.5. The van der Waals surface area contributed by atoms with E-state index in [2.05, 4.69) is 10.3 Å². The van der Waals surface area contributed by atoms with Crippen LogP contribution in [-0.2, 0) is 4.79 Å². The molecule has 0 spiro atoms. The van der Waals surface area contributed by atoms with E-state index in [0.717, 1.165) is 0 Å². The Morgan fingerprint density at radius 2 is 2.38 bits per heavy atom. The van der Waals surface area contributed by atoms with Crippen molar-refractivity contribution in [3.8, 4) is 0 Å². The lowest BCUT2D eigenvalue weighted by Crippen LogP contribution is -2.38. The number of fused-ring (bicyclic) bond motifs is 1. The predicted molar refractivity (Wildman–Crippen MR) is 50.2 cm³/mol. The Bertz CT molecular complexity index is 381. The van der Waals surface area contributed by atoms with Crippen molar-refractivity contribution in [2.45, 2.75) is 5.38 Å². The van der Waals surface area contributed by atoms with Gasteiger partial charge in [0.15, 0.2) is 0 Å². The van der Waals surface area contributed by atoms with E-state index >= 15 is 0 Å². The Hall–Kier alpha value is -1.42. The summed E-state index contributed by atoms with van der Waals surface area (Å²) < 4.78 is 0. The number of guanidine groups is 1. The number of nitrogens with zero attached hydrogens (tertiary/aromatic N) is 1. The number of nitrogens with one attached hydrogen (secondary N) is 2. The average Bonchev–Trinajstić information content (AvgIpc) is 2.06. The van der Waals surface area contributed by atoms with Crippen molar-refractivity contribution in [2.24, 2.45) is 4.99 Å². The lowest BCUT2D eigenvalue weighted by atomic mass is 10.0. The fourth-order valence-electron chi connectivity index (χ4n) is 1.19. The van der Waals surface area contributed by atoms with Gasteiger partial charge in [0.05, 0.1) is 16.7 Å². The van der Waals surface area contributed by atoms with E-state index in [9.17, 15) is 4.79 Å². The van der Waals surface area contributed by atoms with E-state index in [1.807, 2.05) is 0 Å². The fraction of sp³-hybridized carbons (Fsp3) is 0.125. The smallest absolute Gasteiger partial charge is 0.259 e. The van der Waals surface area contributed by atoms with Crippen LogP contribution < -0.4 is 5.32 Å². The molecule has 0 saturated heterocycles. The number of aliphatic imine (C=N–C) groups is 1. The van der Waals surface area contributed by atoms with Crippen molar-refractivity contribution in [2.75, 3.05) is 0 Å². The van der Waals surface area contributed by atoms with Gasteiger partial charge in [-0.2, -0.15) is 0 Å². The van der Waals surface area contributed by atoms with E-state index in [1.165, 1.54) is 0 Å². The van der Waals surface area contributed by atoms with Crippen molar-refractivity contribution in [1.29, 1.82) is 5.41 Å². The lowest BCUT2D eigenvalue weighted by Gasteiger charge is -2.17. The number of allylic oxidation sites excluding steroid dienone is 3. The molecule has 1 unspecified atom stereocenters. The van der Waals surface area contributed by atoms with Gasteiger partial charge in [-0.3, -0.25) is 15.5 Å². The highest BCUT2D eigenvalue weighted by Crippen LogP contribution is 2.16. The van der Waals surface area contributed by atoms with Crippen LogP contribution in [0.1, 0.15) is 0 Å². The first-order valence-electron chi connectivity index (χ1n) is 3.70. The molecule has 1 aliphatic carbocycles. The highest BCUT2D eigenvalue weighted by Gasteiger charge is 2.23. The van der Waals surface area contributed by atoms with Crippen molar-refractivity contribution in [3.63, 3.8) is 0 Å². The zero-order valence-electron chi connectivity index (χ0n) is 6.54. The molecule has 2 rings (SSSR count).